The smallest absolute Gasteiger partial charge is 0.243 e. The highest BCUT2D eigenvalue weighted by molar-refractivity contribution is 7.89. The van der Waals surface area contributed by atoms with Gasteiger partial charge in [-0.1, -0.05) is 72.3 Å². The van der Waals surface area contributed by atoms with E-state index in [9.17, 15) is 8.42 Å². The zero-order chi connectivity index (χ0) is 24.6. The number of rotatable bonds is 5. The third-order valence-corrected chi connectivity index (χ3v) is 9.77. The van der Waals surface area contributed by atoms with E-state index in [2.05, 4.69) is 60.4 Å². The molecule has 0 aliphatic carbocycles. The minimum Gasteiger partial charge on any atom is -0.329 e. The first kappa shape index (κ1) is 24.2. The van der Waals surface area contributed by atoms with Crippen LogP contribution in [0.3, 0.4) is 0 Å². The van der Waals surface area contributed by atoms with Crippen molar-refractivity contribution in [2.75, 3.05) is 26.2 Å². The lowest BCUT2D eigenvalue weighted by Gasteiger charge is -2.57. The van der Waals surface area contributed by atoms with Gasteiger partial charge >= 0.3 is 0 Å². The van der Waals surface area contributed by atoms with Crippen molar-refractivity contribution in [1.29, 1.82) is 0 Å². The van der Waals surface area contributed by atoms with Crippen molar-refractivity contribution in [2.24, 2.45) is 5.73 Å². The monoisotopic (exact) mass is 489 g/mol. The highest BCUT2D eigenvalue weighted by Gasteiger charge is 2.49. The minimum absolute atomic E-state index is 0.132. The third-order valence-electron chi connectivity index (χ3n) is 7.75. The van der Waals surface area contributed by atoms with Crippen molar-refractivity contribution in [1.82, 2.24) is 9.21 Å². The molecule has 0 bridgehead atoms. The molecular formula is C29H35N3O2S. The Bertz CT molecular complexity index is 1290. The van der Waals surface area contributed by atoms with Gasteiger partial charge in [0, 0.05) is 37.6 Å². The second-order valence-electron chi connectivity index (χ2n) is 9.96. The number of nitrogens with zero attached hydrogens (tertiary/aromatic N) is 2. The summed E-state index contributed by atoms with van der Waals surface area (Å²) in [6.45, 7) is 6.59. The molecule has 0 spiro atoms. The number of fused-ring (bicyclic) bond motifs is 1. The molecule has 2 saturated heterocycles. The fourth-order valence-electron chi connectivity index (χ4n) is 5.90. The summed E-state index contributed by atoms with van der Waals surface area (Å²) in [4.78, 5) is 2.86. The van der Waals surface area contributed by atoms with Crippen LogP contribution >= 0.6 is 0 Å². The normalized spacial score (nSPS) is 23.7. The Morgan fingerprint density at radius 3 is 2.34 bits per heavy atom. The van der Waals surface area contributed by atoms with Crippen LogP contribution in [-0.4, -0.2) is 55.9 Å². The van der Waals surface area contributed by atoms with Gasteiger partial charge in [-0.25, -0.2) is 8.42 Å². The molecule has 184 valence electrons. The maximum Gasteiger partial charge on any atom is 0.243 e. The molecule has 3 aromatic rings. The average molecular weight is 490 g/mol. The summed E-state index contributed by atoms with van der Waals surface area (Å²) < 4.78 is 29.0. The summed E-state index contributed by atoms with van der Waals surface area (Å²) in [5.74, 6) is 0.222. The van der Waals surface area contributed by atoms with E-state index in [-0.39, 0.29) is 18.0 Å². The first-order chi connectivity index (χ1) is 16.9. The topological polar surface area (TPSA) is 66.6 Å². The lowest BCUT2D eigenvalue weighted by molar-refractivity contribution is -0.0261. The average Bonchev–Trinajstić information content (AvgIpc) is 2.83. The van der Waals surface area contributed by atoms with Gasteiger partial charge in [-0.3, -0.25) is 4.90 Å². The standard InChI is InChI=1S/C29H35N3O2S/c1-21-8-7-10-25(18-21)23-12-14-24(15-13-23)29-26(19-30)32-17-6-5-16-31(20-27(29)32)35(33,34)28-11-4-3-9-22(28)2/h3-4,7-15,18,26-27,29H,5-6,16-17,19-20,30H2,1-2H3/t26?,27-,29+/m0/s1. The Morgan fingerprint density at radius 1 is 0.886 bits per heavy atom. The SMILES string of the molecule is Cc1cccc(-c2ccc([C@@H]3C(CN)N4CCCCN(S(=O)(=O)c5ccccc5C)C[C@@H]34)cc2)c1. The zero-order valence-electron chi connectivity index (χ0n) is 20.6. The van der Waals surface area contributed by atoms with Crippen molar-refractivity contribution in [3.63, 3.8) is 0 Å². The van der Waals surface area contributed by atoms with E-state index < -0.39 is 10.0 Å². The molecule has 2 aliphatic heterocycles. The predicted molar refractivity (Wildman–Crippen MR) is 142 cm³/mol. The van der Waals surface area contributed by atoms with Gasteiger partial charge in [-0.2, -0.15) is 4.31 Å². The Labute approximate surface area is 209 Å². The molecule has 0 radical (unpaired) electrons. The van der Waals surface area contributed by atoms with Crippen LogP contribution in [-0.2, 0) is 10.0 Å². The quantitative estimate of drug-likeness (QED) is 0.571. The van der Waals surface area contributed by atoms with E-state index in [1.54, 1.807) is 10.4 Å². The number of hydrogen-bond acceptors (Lipinski definition) is 4. The molecular weight excluding hydrogens is 454 g/mol. The van der Waals surface area contributed by atoms with Gasteiger partial charge in [0.25, 0.3) is 0 Å². The maximum atomic E-state index is 13.7. The Hall–Kier alpha value is -2.51. The molecule has 0 amide bonds. The molecule has 5 rings (SSSR count). The Balaban J connectivity index is 1.43. The van der Waals surface area contributed by atoms with Gasteiger partial charge in [-0.05, 0) is 61.6 Å². The molecule has 5 nitrogen and oxygen atoms in total. The van der Waals surface area contributed by atoms with Gasteiger partial charge in [-0.15, -0.1) is 0 Å². The zero-order valence-corrected chi connectivity index (χ0v) is 21.4. The lowest BCUT2D eigenvalue weighted by atomic mass is 9.74. The lowest BCUT2D eigenvalue weighted by Crippen LogP contribution is -2.68. The third kappa shape index (κ3) is 4.56. The summed E-state index contributed by atoms with van der Waals surface area (Å²) in [5.41, 5.74) is 11.9. The van der Waals surface area contributed by atoms with Crippen LogP contribution in [0.4, 0.5) is 0 Å². The van der Waals surface area contributed by atoms with Crippen LogP contribution < -0.4 is 5.73 Å². The molecule has 6 heteroatoms. The molecule has 2 fully saturated rings. The second-order valence-corrected chi connectivity index (χ2v) is 11.9. The van der Waals surface area contributed by atoms with Gasteiger partial charge in [0.1, 0.15) is 0 Å². The van der Waals surface area contributed by atoms with E-state index in [4.69, 9.17) is 5.73 Å². The molecule has 3 atom stereocenters. The van der Waals surface area contributed by atoms with E-state index >= 15 is 0 Å². The van der Waals surface area contributed by atoms with Gasteiger partial charge in [0.2, 0.25) is 10.0 Å². The largest absolute Gasteiger partial charge is 0.329 e. The van der Waals surface area contributed by atoms with Crippen molar-refractivity contribution < 1.29 is 8.42 Å². The molecule has 35 heavy (non-hydrogen) atoms. The molecule has 0 aromatic heterocycles. The van der Waals surface area contributed by atoms with E-state index in [1.165, 1.54) is 22.3 Å². The van der Waals surface area contributed by atoms with Crippen LogP contribution in [0.5, 0.6) is 0 Å². The Kier molecular flexibility index (Phi) is 6.82. The highest BCUT2D eigenvalue weighted by Crippen LogP contribution is 2.42. The van der Waals surface area contributed by atoms with Crippen molar-refractivity contribution >= 4 is 10.0 Å². The summed E-state index contributed by atoms with van der Waals surface area (Å²) in [7, 11) is -3.56. The number of benzene rings is 3. The highest BCUT2D eigenvalue weighted by atomic mass is 32.2. The van der Waals surface area contributed by atoms with E-state index in [0.29, 0.717) is 24.5 Å². The van der Waals surface area contributed by atoms with Crippen LogP contribution in [0.25, 0.3) is 11.1 Å². The molecule has 2 N–H and O–H groups in total. The van der Waals surface area contributed by atoms with E-state index in [0.717, 1.165) is 24.9 Å². The summed E-state index contributed by atoms with van der Waals surface area (Å²) in [6.07, 6.45) is 1.84. The Morgan fingerprint density at radius 2 is 1.63 bits per heavy atom. The summed E-state index contributed by atoms with van der Waals surface area (Å²) in [6, 6.07) is 25.0. The van der Waals surface area contributed by atoms with Gasteiger partial charge in [0.05, 0.1) is 4.90 Å². The number of nitrogens with two attached hydrogens (primary N) is 1. The molecule has 0 saturated carbocycles. The fraction of sp³-hybridized carbons (Fsp3) is 0.379. The molecule has 2 heterocycles. The van der Waals surface area contributed by atoms with E-state index in [1.807, 2.05) is 25.1 Å². The van der Waals surface area contributed by atoms with Crippen LogP contribution in [0, 0.1) is 13.8 Å². The number of sulfonamides is 1. The van der Waals surface area contributed by atoms with Gasteiger partial charge in [0.15, 0.2) is 0 Å². The number of aryl methyl sites for hydroxylation is 2. The second kappa shape index (κ2) is 9.86. The minimum atomic E-state index is -3.56. The fourth-order valence-corrected chi connectivity index (χ4v) is 7.62. The summed E-state index contributed by atoms with van der Waals surface area (Å²) in [5, 5.41) is 0. The molecule has 2 aliphatic rings. The van der Waals surface area contributed by atoms with Crippen molar-refractivity contribution in [2.45, 2.75) is 49.6 Å². The van der Waals surface area contributed by atoms with Crippen LogP contribution in [0.1, 0.15) is 35.4 Å². The molecule has 1 unspecified atom stereocenters. The molecule has 3 aromatic carbocycles. The first-order valence-corrected chi connectivity index (χ1v) is 14.0. The van der Waals surface area contributed by atoms with Crippen LogP contribution in [0.2, 0.25) is 0 Å². The summed E-state index contributed by atoms with van der Waals surface area (Å²) >= 11 is 0. The first-order valence-electron chi connectivity index (χ1n) is 12.6. The van der Waals surface area contributed by atoms with Crippen LogP contribution in [0.15, 0.2) is 77.7 Å². The predicted octanol–water partition coefficient (Wildman–Crippen LogP) is 4.55. The van der Waals surface area contributed by atoms with Gasteiger partial charge < -0.3 is 5.73 Å². The maximum absolute atomic E-state index is 13.7. The van der Waals surface area contributed by atoms with Crippen molar-refractivity contribution in [3.05, 3.63) is 89.5 Å². The van der Waals surface area contributed by atoms with Crippen molar-refractivity contribution in [3.8, 4) is 11.1 Å². The number of hydrogen-bond donors (Lipinski definition) is 1.